The molecule has 1 saturated carbocycles. The van der Waals surface area contributed by atoms with Crippen molar-refractivity contribution in [3.8, 4) is 0 Å². The third-order valence-corrected chi connectivity index (χ3v) is 4.32. The van der Waals surface area contributed by atoms with Crippen LogP contribution >= 0.6 is 22.9 Å². The topological polar surface area (TPSA) is 46.5 Å². The van der Waals surface area contributed by atoms with E-state index in [4.69, 9.17) is 21.4 Å². The van der Waals surface area contributed by atoms with Crippen LogP contribution in [0.15, 0.2) is 12.1 Å². The lowest BCUT2D eigenvalue weighted by atomic mass is 9.87. The molecule has 1 heterocycles. The van der Waals surface area contributed by atoms with E-state index in [9.17, 15) is 4.79 Å². The van der Waals surface area contributed by atoms with Crippen LogP contribution in [0, 0.1) is 5.92 Å². The molecule has 0 saturated heterocycles. The number of ether oxygens (including phenoxy) is 1. The maximum absolute atomic E-state index is 10.8. The number of carboxylic acids is 1. The van der Waals surface area contributed by atoms with E-state index in [1.54, 1.807) is 0 Å². The summed E-state index contributed by atoms with van der Waals surface area (Å²) in [6, 6.07) is 3.84. The van der Waals surface area contributed by atoms with E-state index in [0.29, 0.717) is 6.61 Å². The minimum absolute atomic E-state index is 0.175. The lowest BCUT2D eigenvalue weighted by molar-refractivity contribution is -0.143. The average molecular weight is 275 g/mol. The number of carboxylic acid groups (broad SMARTS) is 1. The third kappa shape index (κ3) is 3.69. The van der Waals surface area contributed by atoms with Crippen molar-refractivity contribution >= 4 is 28.9 Å². The SMILES string of the molecule is O=C(O)C1CCC(OCc2ccc(Cl)s2)CC1. The molecule has 17 heavy (non-hydrogen) atoms. The van der Waals surface area contributed by atoms with Crippen LogP contribution in [-0.4, -0.2) is 17.2 Å². The highest BCUT2D eigenvalue weighted by Crippen LogP contribution is 2.28. The minimum atomic E-state index is -0.673. The maximum atomic E-state index is 10.8. The summed E-state index contributed by atoms with van der Waals surface area (Å²) in [4.78, 5) is 11.9. The van der Waals surface area contributed by atoms with Crippen LogP contribution in [0.25, 0.3) is 0 Å². The summed E-state index contributed by atoms with van der Waals surface area (Å²) >= 11 is 7.36. The molecule has 1 aliphatic rings. The van der Waals surface area contributed by atoms with Gasteiger partial charge in [-0.15, -0.1) is 11.3 Å². The molecular formula is C12H15ClO3S. The lowest BCUT2D eigenvalue weighted by Crippen LogP contribution is -2.25. The molecular weight excluding hydrogens is 260 g/mol. The molecule has 0 aliphatic heterocycles. The Morgan fingerprint density at radius 1 is 1.41 bits per heavy atom. The average Bonchev–Trinajstić information content (AvgIpc) is 2.73. The van der Waals surface area contributed by atoms with Crippen molar-refractivity contribution in [2.75, 3.05) is 0 Å². The first-order valence-corrected chi connectivity index (χ1v) is 6.93. The van der Waals surface area contributed by atoms with E-state index in [2.05, 4.69) is 0 Å². The number of halogens is 1. The molecule has 0 aromatic carbocycles. The first kappa shape index (κ1) is 12.9. The quantitative estimate of drug-likeness (QED) is 0.913. The predicted octanol–water partition coefficient (Wildman–Crippen LogP) is 3.56. The molecule has 0 atom stereocenters. The van der Waals surface area contributed by atoms with Gasteiger partial charge in [-0.05, 0) is 37.8 Å². The number of aliphatic carboxylic acids is 1. The van der Waals surface area contributed by atoms with Gasteiger partial charge >= 0.3 is 5.97 Å². The van der Waals surface area contributed by atoms with Crippen molar-refractivity contribution in [1.29, 1.82) is 0 Å². The number of hydrogen-bond donors (Lipinski definition) is 1. The largest absolute Gasteiger partial charge is 0.481 e. The van der Waals surface area contributed by atoms with E-state index in [0.717, 1.165) is 34.9 Å². The first-order valence-electron chi connectivity index (χ1n) is 5.74. The van der Waals surface area contributed by atoms with Crippen molar-refractivity contribution in [3.05, 3.63) is 21.3 Å². The molecule has 1 aromatic rings. The standard InChI is InChI=1S/C12H15ClO3S/c13-11-6-5-10(17-11)7-16-9-3-1-8(2-4-9)12(14)15/h5-6,8-9H,1-4,7H2,(H,14,15). The van der Waals surface area contributed by atoms with Crippen LogP contribution in [0.4, 0.5) is 0 Å². The predicted molar refractivity (Wildman–Crippen MR) is 67.5 cm³/mol. The zero-order chi connectivity index (χ0) is 12.3. The van der Waals surface area contributed by atoms with E-state index >= 15 is 0 Å². The van der Waals surface area contributed by atoms with Gasteiger partial charge in [0, 0.05) is 4.88 Å². The summed E-state index contributed by atoms with van der Waals surface area (Å²) in [5.74, 6) is -0.848. The molecule has 0 amide bonds. The molecule has 1 aromatic heterocycles. The third-order valence-electron chi connectivity index (χ3n) is 3.11. The highest BCUT2D eigenvalue weighted by atomic mass is 35.5. The van der Waals surface area contributed by atoms with Gasteiger partial charge < -0.3 is 9.84 Å². The van der Waals surface area contributed by atoms with E-state index < -0.39 is 5.97 Å². The highest BCUT2D eigenvalue weighted by molar-refractivity contribution is 7.16. The van der Waals surface area contributed by atoms with Gasteiger partial charge in [0.15, 0.2) is 0 Å². The number of rotatable bonds is 4. The Balaban J connectivity index is 1.73. The number of thiophene rings is 1. The molecule has 2 rings (SSSR count). The molecule has 0 spiro atoms. The van der Waals surface area contributed by atoms with Crippen LogP contribution in [0.1, 0.15) is 30.6 Å². The Hall–Kier alpha value is -0.580. The molecule has 1 N–H and O–H groups in total. The Morgan fingerprint density at radius 2 is 2.12 bits per heavy atom. The molecule has 0 radical (unpaired) electrons. The smallest absolute Gasteiger partial charge is 0.306 e. The zero-order valence-electron chi connectivity index (χ0n) is 9.39. The van der Waals surface area contributed by atoms with E-state index in [-0.39, 0.29) is 12.0 Å². The first-order chi connectivity index (χ1) is 8.15. The Bertz CT molecular complexity index is 383. The van der Waals surface area contributed by atoms with Gasteiger partial charge in [-0.25, -0.2) is 0 Å². The second kappa shape index (κ2) is 5.85. The fourth-order valence-electron chi connectivity index (χ4n) is 2.11. The summed E-state index contributed by atoms with van der Waals surface area (Å²) in [6.07, 6.45) is 3.34. The minimum Gasteiger partial charge on any atom is -0.481 e. The lowest BCUT2D eigenvalue weighted by Gasteiger charge is -2.25. The molecule has 1 aliphatic carbocycles. The van der Waals surface area contributed by atoms with Crippen LogP contribution in [-0.2, 0) is 16.1 Å². The van der Waals surface area contributed by atoms with Crippen LogP contribution in [0.2, 0.25) is 4.34 Å². The summed E-state index contributed by atoms with van der Waals surface area (Å²) in [6.45, 7) is 0.583. The van der Waals surface area contributed by atoms with Gasteiger partial charge in [0.2, 0.25) is 0 Å². The monoisotopic (exact) mass is 274 g/mol. The van der Waals surface area contributed by atoms with Gasteiger partial charge in [0.1, 0.15) is 0 Å². The summed E-state index contributed by atoms with van der Waals surface area (Å²) in [7, 11) is 0. The molecule has 0 unspecified atom stereocenters. The van der Waals surface area contributed by atoms with Gasteiger partial charge in [-0.1, -0.05) is 11.6 Å². The van der Waals surface area contributed by atoms with Crippen molar-refractivity contribution in [2.24, 2.45) is 5.92 Å². The van der Waals surface area contributed by atoms with Crippen molar-refractivity contribution in [2.45, 2.75) is 38.4 Å². The van der Waals surface area contributed by atoms with Gasteiger partial charge in [-0.3, -0.25) is 4.79 Å². The van der Waals surface area contributed by atoms with Gasteiger partial charge in [0.05, 0.1) is 23.0 Å². The number of hydrogen-bond acceptors (Lipinski definition) is 3. The van der Waals surface area contributed by atoms with Gasteiger partial charge in [-0.2, -0.15) is 0 Å². The van der Waals surface area contributed by atoms with Crippen LogP contribution in [0.3, 0.4) is 0 Å². The summed E-state index contributed by atoms with van der Waals surface area (Å²) < 4.78 is 6.55. The van der Waals surface area contributed by atoms with Crippen molar-refractivity contribution in [1.82, 2.24) is 0 Å². The van der Waals surface area contributed by atoms with E-state index in [1.807, 2.05) is 12.1 Å². The van der Waals surface area contributed by atoms with Crippen molar-refractivity contribution < 1.29 is 14.6 Å². The normalized spacial score (nSPS) is 24.8. The maximum Gasteiger partial charge on any atom is 0.306 e. The number of carbonyl (C=O) groups is 1. The molecule has 94 valence electrons. The van der Waals surface area contributed by atoms with Crippen LogP contribution < -0.4 is 0 Å². The molecule has 1 fully saturated rings. The van der Waals surface area contributed by atoms with E-state index in [1.165, 1.54) is 11.3 Å². The highest BCUT2D eigenvalue weighted by Gasteiger charge is 2.26. The zero-order valence-corrected chi connectivity index (χ0v) is 11.0. The Morgan fingerprint density at radius 3 is 2.65 bits per heavy atom. The van der Waals surface area contributed by atoms with Crippen molar-refractivity contribution in [3.63, 3.8) is 0 Å². The molecule has 5 heteroatoms. The van der Waals surface area contributed by atoms with Gasteiger partial charge in [0.25, 0.3) is 0 Å². The van der Waals surface area contributed by atoms with Crippen LogP contribution in [0.5, 0.6) is 0 Å². The fourth-order valence-corrected chi connectivity index (χ4v) is 3.12. The second-order valence-corrected chi connectivity index (χ2v) is 6.13. The second-order valence-electron chi connectivity index (χ2n) is 4.33. The summed E-state index contributed by atoms with van der Waals surface area (Å²) in [5.41, 5.74) is 0. The Labute approximate surface area is 109 Å². The summed E-state index contributed by atoms with van der Waals surface area (Å²) in [5, 5.41) is 8.88. The fraction of sp³-hybridized carbons (Fsp3) is 0.583. The molecule has 0 bridgehead atoms. The Kier molecular flexibility index (Phi) is 4.42. The molecule has 3 nitrogen and oxygen atoms in total.